The van der Waals surface area contributed by atoms with Crippen molar-refractivity contribution in [1.29, 1.82) is 0 Å². The fourth-order valence-electron chi connectivity index (χ4n) is 1.17. The third-order valence-electron chi connectivity index (χ3n) is 1.73. The maximum Gasteiger partial charge on any atom is 0.138 e. The van der Waals surface area contributed by atoms with Crippen LogP contribution in [0.4, 0.5) is 4.39 Å². The molecular formula is C10H10BrF. The second kappa shape index (κ2) is 3.40. The van der Waals surface area contributed by atoms with Crippen LogP contribution in [0.5, 0.6) is 0 Å². The van der Waals surface area contributed by atoms with E-state index in [9.17, 15) is 4.39 Å². The third-order valence-corrected chi connectivity index (χ3v) is 2.51. The topological polar surface area (TPSA) is 0 Å². The molecule has 0 heterocycles. The quantitative estimate of drug-likeness (QED) is 0.684. The molecule has 1 rings (SSSR count). The van der Waals surface area contributed by atoms with Gasteiger partial charge in [0.2, 0.25) is 0 Å². The first kappa shape index (κ1) is 9.46. The van der Waals surface area contributed by atoms with Gasteiger partial charge in [0.15, 0.2) is 0 Å². The molecule has 0 radical (unpaired) electrons. The number of benzene rings is 1. The molecule has 64 valence electrons. The first-order valence-corrected chi connectivity index (χ1v) is 4.44. The standard InChI is InChI=1S/C10H10BrF/c1-6(2)9-7(3)4-5-8(12)10(9)11/h4-5H,1H2,2-3H3. The number of aryl methyl sites for hydroxylation is 1. The van der Waals surface area contributed by atoms with Crippen molar-refractivity contribution >= 4 is 21.5 Å². The minimum absolute atomic E-state index is 0.237. The van der Waals surface area contributed by atoms with E-state index < -0.39 is 0 Å². The summed E-state index contributed by atoms with van der Waals surface area (Å²) in [7, 11) is 0. The number of hydrogen-bond donors (Lipinski definition) is 0. The van der Waals surface area contributed by atoms with Crippen LogP contribution in [0.15, 0.2) is 23.2 Å². The summed E-state index contributed by atoms with van der Waals surface area (Å²) >= 11 is 3.20. The summed E-state index contributed by atoms with van der Waals surface area (Å²) in [6.07, 6.45) is 0. The van der Waals surface area contributed by atoms with Gasteiger partial charge in [-0.15, -0.1) is 0 Å². The van der Waals surface area contributed by atoms with Crippen LogP contribution in [0.25, 0.3) is 5.57 Å². The molecule has 1 aromatic carbocycles. The summed E-state index contributed by atoms with van der Waals surface area (Å²) in [5.41, 5.74) is 2.78. The largest absolute Gasteiger partial charge is 0.206 e. The lowest BCUT2D eigenvalue weighted by atomic mass is 10.0. The van der Waals surface area contributed by atoms with Gasteiger partial charge >= 0.3 is 0 Å². The van der Waals surface area contributed by atoms with Crippen LogP contribution >= 0.6 is 15.9 Å². The number of rotatable bonds is 1. The zero-order valence-electron chi connectivity index (χ0n) is 7.12. The Hall–Kier alpha value is -0.630. The fourth-order valence-corrected chi connectivity index (χ4v) is 1.95. The molecule has 0 aromatic heterocycles. The van der Waals surface area contributed by atoms with E-state index in [1.807, 2.05) is 13.8 Å². The summed E-state index contributed by atoms with van der Waals surface area (Å²) < 4.78 is 13.5. The molecule has 0 fully saturated rings. The molecule has 0 N–H and O–H groups in total. The Balaban J connectivity index is 3.43. The number of hydrogen-bond acceptors (Lipinski definition) is 0. The van der Waals surface area contributed by atoms with Gasteiger partial charge in [-0.1, -0.05) is 12.6 Å². The van der Waals surface area contributed by atoms with Gasteiger partial charge in [0.1, 0.15) is 5.82 Å². The number of halogens is 2. The van der Waals surface area contributed by atoms with Crippen LogP contribution in [0, 0.1) is 12.7 Å². The molecule has 12 heavy (non-hydrogen) atoms. The van der Waals surface area contributed by atoms with Crippen LogP contribution in [0.3, 0.4) is 0 Å². The summed E-state index contributed by atoms with van der Waals surface area (Å²) in [5, 5.41) is 0. The molecular weight excluding hydrogens is 219 g/mol. The van der Waals surface area contributed by atoms with E-state index in [1.54, 1.807) is 6.07 Å². The molecule has 0 unspecified atom stereocenters. The van der Waals surface area contributed by atoms with Crippen LogP contribution in [0.1, 0.15) is 18.1 Å². The van der Waals surface area contributed by atoms with Crippen LogP contribution < -0.4 is 0 Å². The minimum Gasteiger partial charge on any atom is -0.206 e. The second-order valence-corrected chi connectivity index (χ2v) is 3.63. The Kier molecular flexibility index (Phi) is 2.68. The minimum atomic E-state index is -0.237. The molecule has 0 atom stereocenters. The number of allylic oxidation sites excluding steroid dienone is 1. The van der Waals surface area contributed by atoms with Crippen molar-refractivity contribution in [3.05, 3.63) is 40.1 Å². The first-order chi connectivity index (χ1) is 5.54. The predicted octanol–water partition coefficient (Wildman–Crippen LogP) is 3.93. The van der Waals surface area contributed by atoms with Crippen molar-refractivity contribution in [2.75, 3.05) is 0 Å². The molecule has 0 aliphatic heterocycles. The van der Waals surface area contributed by atoms with Crippen molar-refractivity contribution in [2.24, 2.45) is 0 Å². The summed E-state index contributed by atoms with van der Waals surface area (Å²) in [6.45, 7) is 7.60. The maximum atomic E-state index is 13.0. The summed E-state index contributed by atoms with van der Waals surface area (Å²) in [6, 6.07) is 3.20. The van der Waals surface area contributed by atoms with Gasteiger partial charge in [0.05, 0.1) is 4.47 Å². The molecule has 2 heteroatoms. The van der Waals surface area contributed by atoms with Crippen LogP contribution in [-0.4, -0.2) is 0 Å². The van der Waals surface area contributed by atoms with Gasteiger partial charge in [0.25, 0.3) is 0 Å². The lowest BCUT2D eigenvalue weighted by Gasteiger charge is -2.07. The molecule has 0 spiro atoms. The van der Waals surface area contributed by atoms with Crippen molar-refractivity contribution in [3.8, 4) is 0 Å². The molecule has 0 aliphatic rings. The van der Waals surface area contributed by atoms with E-state index in [2.05, 4.69) is 22.5 Å². The third kappa shape index (κ3) is 1.58. The summed E-state index contributed by atoms with van der Waals surface area (Å²) in [5.74, 6) is -0.237. The Morgan fingerprint density at radius 3 is 2.50 bits per heavy atom. The van der Waals surface area contributed by atoms with Gasteiger partial charge in [-0.05, 0) is 52.5 Å². The summed E-state index contributed by atoms with van der Waals surface area (Å²) in [4.78, 5) is 0. The van der Waals surface area contributed by atoms with E-state index in [0.717, 1.165) is 16.7 Å². The lowest BCUT2D eigenvalue weighted by molar-refractivity contribution is 0.620. The monoisotopic (exact) mass is 228 g/mol. The predicted molar refractivity (Wildman–Crippen MR) is 53.5 cm³/mol. The highest BCUT2D eigenvalue weighted by atomic mass is 79.9. The first-order valence-electron chi connectivity index (χ1n) is 3.64. The Bertz CT molecular complexity index is 329. The van der Waals surface area contributed by atoms with Crippen LogP contribution in [0.2, 0.25) is 0 Å². The van der Waals surface area contributed by atoms with Gasteiger partial charge < -0.3 is 0 Å². The SMILES string of the molecule is C=C(C)c1c(C)ccc(F)c1Br. The van der Waals surface area contributed by atoms with Crippen molar-refractivity contribution < 1.29 is 4.39 Å². The molecule has 0 saturated heterocycles. The van der Waals surface area contributed by atoms with Crippen molar-refractivity contribution in [1.82, 2.24) is 0 Å². The highest BCUT2D eigenvalue weighted by Gasteiger charge is 2.08. The highest BCUT2D eigenvalue weighted by Crippen LogP contribution is 2.28. The Morgan fingerprint density at radius 1 is 1.50 bits per heavy atom. The van der Waals surface area contributed by atoms with E-state index in [-0.39, 0.29) is 5.82 Å². The zero-order chi connectivity index (χ0) is 9.30. The Labute approximate surface area is 80.2 Å². The van der Waals surface area contributed by atoms with Crippen molar-refractivity contribution in [3.63, 3.8) is 0 Å². The molecule has 0 amide bonds. The van der Waals surface area contributed by atoms with E-state index >= 15 is 0 Å². The molecule has 0 nitrogen and oxygen atoms in total. The average Bonchev–Trinajstić information content (AvgIpc) is 1.97. The molecule has 1 aromatic rings. The Morgan fingerprint density at radius 2 is 2.08 bits per heavy atom. The molecule has 0 bridgehead atoms. The zero-order valence-corrected chi connectivity index (χ0v) is 8.70. The smallest absolute Gasteiger partial charge is 0.138 e. The molecule has 0 aliphatic carbocycles. The molecule has 0 saturated carbocycles. The van der Waals surface area contributed by atoms with Crippen LogP contribution in [-0.2, 0) is 0 Å². The fraction of sp³-hybridized carbons (Fsp3) is 0.200. The highest BCUT2D eigenvalue weighted by molar-refractivity contribution is 9.10. The van der Waals surface area contributed by atoms with E-state index in [0.29, 0.717) is 4.47 Å². The van der Waals surface area contributed by atoms with Gasteiger partial charge in [-0.3, -0.25) is 0 Å². The normalized spacial score (nSPS) is 10.0. The van der Waals surface area contributed by atoms with Gasteiger partial charge in [-0.25, -0.2) is 4.39 Å². The average molecular weight is 229 g/mol. The lowest BCUT2D eigenvalue weighted by Crippen LogP contribution is -1.90. The van der Waals surface area contributed by atoms with Gasteiger partial charge in [0, 0.05) is 0 Å². The van der Waals surface area contributed by atoms with Crippen molar-refractivity contribution in [2.45, 2.75) is 13.8 Å². The second-order valence-electron chi connectivity index (χ2n) is 2.83. The van der Waals surface area contributed by atoms with E-state index in [1.165, 1.54) is 6.07 Å². The van der Waals surface area contributed by atoms with E-state index in [4.69, 9.17) is 0 Å². The maximum absolute atomic E-state index is 13.0. The van der Waals surface area contributed by atoms with Gasteiger partial charge in [-0.2, -0.15) is 0 Å².